The minimum atomic E-state index is -0.121. The highest BCUT2D eigenvalue weighted by atomic mass is 16.5. The summed E-state index contributed by atoms with van der Waals surface area (Å²) >= 11 is 0. The largest absolute Gasteiger partial charge is 0.494 e. The van der Waals surface area contributed by atoms with Gasteiger partial charge < -0.3 is 19.5 Å². The summed E-state index contributed by atoms with van der Waals surface area (Å²) < 4.78 is 16.3. The molecule has 0 aromatic heterocycles. The van der Waals surface area contributed by atoms with Crippen molar-refractivity contribution in [3.05, 3.63) is 23.8 Å². The van der Waals surface area contributed by atoms with E-state index in [1.165, 1.54) is 0 Å². The molecule has 0 spiro atoms. The monoisotopic (exact) mass is 322 g/mol. The predicted molar refractivity (Wildman–Crippen MR) is 88.4 cm³/mol. The van der Waals surface area contributed by atoms with Crippen LogP contribution in [0, 0.1) is 0 Å². The van der Waals surface area contributed by atoms with Crippen LogP contribution in [0.1, 0.15) is 24.2 Å². The Hall–Kier alpha value is -1.79. The molecule has 1 aliphatic heterocycles. The second kappa shape index (κ2) is 9.37. The van der Waals surface area contributed by atoms with Crippen molar-refractivity contribution in [2.45, 2.75) is 13.8 Å². The highest BCUT2D eigenvalue weighted by molar-refractivity contribution is 5.97. The van der Waals surface area contributed by atoms with Crippen molar-refractivity contribution in [3.8, 4) is 11.5 Å². The van der Waals surface area contributed by atoms with E-state index in [0.29, 0.717) is 36.8 Å². The van der Waals surface area contributed by atoms with Crippen molar-refractivity contribution < 1.29 is 19.0 Å². The number of ether oxygens (including phenoxy) is 3. The molecule has 1 aromatic carbocycles. The maximum Gasteiger partial charge on any atom is 0.255 e. The summed E-state index contributed by atoms with van der Waals surface area (Å²) in [5.41, 5.74) is 0.539. The van der Waals surface area contributed by atoms with Gasteiger partial charge in [0.05, 0.1) is 32.0 Å². The van der Waals surface area contributed by atoms with Crippen LogP contribution in [-0.4, -0.2) is 63.4 Å². The summed E-state index contributed by atoms with van der Waals surface area (Å²) in [5.74, 6) is 1.15. The molecule has 0 atom stereocenters. The van der Waals surface area contributed by atoms with E-state index < -0.39 is 0 Å². The van der Waals surface area contributed by atoms with Gasteiger partial charge in [-0.25, -0.2) is 0 Å². The van der Waals surface area contributed by atoms with E-state index >= 15 is 0 Å². The lowest BCUT2D eigenvalue weighted by molar-refractivity contribution is 0.0383. The minimum Gasteiger partial charge on any atom is -0.494 e. The molecule has 0 saturated carbocycles. The molecule has 1 fully saturated rings. The lowest BCUT2D eigenvalue weighted by atomic mass is 10.1. The van der Waals surface area contributed by atoms with Crippen LogP contribution in [0.2, 0.25) is 0 Å². The smallest absolute Gasteiger partial charge is 0.255 e. The molecule has 1 heterocycles. The number of hydrogen-bond donors (Lipinski definition) is 1. The van der Waals surface area contributed by atoms with Crippen LogP contribution in [0.3, 0.4) is 0 Å². The van der Waals surface area contributed by atoms with Crippen molar-refractivity contribution in [1.82, 2.24) is 10.2 Å². The summed E-state index contributed by atoms with van der Waals surface area (Å²) in [6.45, 7) is 9.71. The summed E-state index contributed by atoms with van der Waals surface area (Å²) in [7, 11) is 0. The molecule has 0 unspecified atom stereocenters. The fourth-order valence-electron chi connectivity index (χ4n) is 2.47. The van der Waals surface area contributed by atoms with Gasteiger partial charge in [-0.15, -0.1) is 0 Å². The molecule has 2 rings (SSSR count). The topological polar surface area (TPSA) is 60.0 Å². The molecule has 1 N–H and O–H groups in total. The third kappa shape index (κ3) is 5.41. The standard InChI is InChI=1S/C17H26N2O4/c1-3-22-14-5-6-15(16(13-14)23-4-2)17(20)18-7-8-19-9-11-21-12-10-19/h5-6,13H,3-4,7-12H2,1-2H3,(H,18,20). The SMILES string of the molecule is CCOc1ccc(C(=O)NCCN2CCOCC2)c(OCC)c1. The lowest BCUT2D eigenvalue weighted by Gasteiger charge is -2.26. The van der Waals surface area contributed by atoms with Crippen LogP contribution in [0.5, 0.6) is 11.5 Å². The van der Waals surface area contributed by atoms with Gasteiger partial charge in [0.15, 0.2) is 0 Å². The van der Waals surface area contributed by atoms with E-state index in [0.717, 1.165) is 32.8 Å². The van der Waals surface area contributed by atoms with Gasteiger partial charge in [0.2, 0.25) is 0 Å². The molecule has 0 aliphatic carbocycles. The highest BCUT2D eigenvalue weighted by Crippen LogP contribution is 2.25. The van der Waals surface area contributed by atoms with Gasteiger partial charge in [0, 0.05) is 32.2 Å². The number of morpholine rings is 1. The molecular formula is C17H26N2O4. The van der Waals surface area contributed by atoms with Crippen molar-refractivity contribution in [2.24, 2.45) is 0 Å². The molecule has 0 radical (unpaired) electrons. The molecule has 23 heavy (non-hydrogen) atoms. The van der Waals surface area contributed by atoms with Crippen molar-refractivity contribution in [1.29, 1.82) is 0 Å². The molecule has 1 aliphatic rings. The van der Waals surface area contributed by atoms with Crippen LogP contribution in [-0.2, 0) is 4.74 Å². The van der Waals surface area contributed by atoms with Gasteiger partial charge in [0.25, 0.3) is 5.91 Å². The number of benzene rings is 1. The first-order valence-electron chi connectivity index (χ1n) is 8.22. The number of nitrogens with zero attached hydrogens (tertiary/aromatic N) is 1. The number of amides is 1. The number of rotatable bonds is 8. The Morgan fingerprint density at radius 2 is 1.96 bits per heavy atom. The van der Waals surface area contributed by atoms with Crippen LogP contribution >= 0.6 is 0 Å². The zero-order chi connectivity index (χ0) is 16.5. The van der Waals surface area contributed by atoms with Crippen LogP contribution in [0.4, 0.5) is 0 Å². The second-order valence-corrected chi connectivity index (χ2v) is 5.23. The second-order valence-electron chi connectivity index (χ2n) is 5.23. The van der Waals surface area contributed by atoms with Crippen LogP contribution in [0.25, 0.3) is 0 Å². The van der Waals surface area contributed by atoms with E-state index in [1.54, 1.807) is 18.2 Å². The molecule has 1 amide bonds. The van der Waals surface area contributed by atoms with Crippen molar-refractivity contribution in [2.75, 3.05) is 52.6 Å². The Balaban J connectivity index is 1.91. The van der Waals surface area contributed by atoms with Crippen LogP contribution in [0.15, 0.2) is 18.2 Å². The zero-order valence-corrected chi connectivity index (χ0v) is 14.0. The molecule has 6 heteroatoms. The van der Waals surface area contributed by atoms with E-state index in [1.807, 2.05) is 13.8 Å². The van der Waals surface area contributed by atoms with E-state index in [9.17, 15) is 4.79 Å². The highest BCUT2D eigenvalue weighted by Gasteiger charge is 2.15. The summed E-state index contributed by atoms with van der Waals surface area (Å²) in [5, 5.41) is 2.95. The summed E-state index contributed by atoms with van der Waals surface area (Å²) in [6, 6.07) is 5.31. The normalized spacial score (nSPS) is 15.2. The van der Waals surface area contributed by atoms with E-state index in [-0.39, 0.29) is 5.91 Å². The Kier molecular flexibility index (Phi) is 7.16. The quantitative estimate of drug-likeness (QED) is 0.787. The molecular weight excluding hydrogens is 296 g/mol. The minimum absolute atomic E-state index is 0.121. The van der Waals surface area contributed by atoms with Crippen molar-refractivity contribution >= 4 is 5.91 Å². The molecule has 1 saturated heterocycles. The maximum atomic E-state index is 12.4. The summed E-state index contributed by atoms with van der Waals surface area (Å²) in [6.07, 6.45) is 0. The summed E-state index contributed by atoms with van der Waals surface area (Å²) in [4.78, 5) is 14.7. The number of carbonyl (C=O) groups is 1. The van der Waals surface area contributed by atoms with E-state index in [4.69, 9.17) is 14.2 Å². The third-order valence-electron chi connectivity index (χ3n) is 3.63. The molecule has 6 nitrogen and oxygen atoms in total. The fourth-order valence-corrected chi connectivity index (χ4v) is 2.47. The molecule has 1 aromatic rings. The Morgan fingerprint density at radius 1 is 1.22 bits per heavy atom. The maximum absolute atomic E-state index is 12.4. The first-order chi connectivity index (χ1) is 11.2. The lowest BCUT2D eigenvalue weighted by Crippen LogP contribution is -2.41. The van der Waals surface area contributed by atoms with Crippen LogP contribution < -0.4 is 14.8 Å². The Labute approximate surface area is 137 Å². The third-order valence-corrected chi connectivity index (χ3v) is 3.63. The molecule has 128 valence electrons. The average molecular weight is 322 g/mol. The zero-order valence-electron chi connectivity index (χ0n) is 14.0. The van der Waals surface area contributed by atoms with Gasteiger partial charge in [-0.3, -0.25) is 9.69 Å². The Morgan fingerprint density at radius 3 is 2.65 bits per heavy atom. The van der Waals surface area contributed by atoms with Gasteiger partial charge >= 0.3 is 0 Å². The fraction of sp³-hybridized carbons (Fsp3) is 0.588. The first kappa shape index (κ1) is 17.6. The van der Waals surface area contributed by atoms with Gasteiger partial charge in [0.1, 0.15) is 11.5 Å². The van der Waals surface area contributed by atoms with Gasteiger partial charge in [-0.1, -0.05) is 0 Å². The number of hydrogen-bond acceptors (Lipinski definition) is 5. The first-order valence-corrected chi connectivity index (χ1v) is 8.22. The van der Waals surface area contributed by atoms with Gasteiger partial charge in [-0.2, -0.15) is 0 Å². The number of nitrogens with one attached hydrogen (secondary N) is 1. The molecule has 0 bridgehead atoms. The average Bonchev–Trinajstić information content (AvgIpc) is 2.56. The number of carbonyl (C=O) groups excluding carboxylic acids is 1. The predicted octanol–water partition coefficient (Wildman–Crippen LogP) is 1.55. The van der Waals surface area contributed by atoms with Gasteiger partial charge in [-0.05, 0) is 26.0 Å². The van der Waals surface area contributed by atoms with E-state index in [2.05, 4.69) is 10.2 Å². The van der Waals surface area contributed by atoms with Crippen molar-refractivity contribution in [3.63, 3.8) is 0 Å². The Bertz CT molecular complexity index is 501.